The molecular formula is C20H20N2O3. The minimum absolute atomic E-state index is 0.150. The van der Waals surface area contributed by atoms with Crippen molar-refractivity contribution in [2.45, 2.75) is 0 Å². The van der Waals surface area contributed by atoms with Crippen molar-refractivity contribution < 1.29 is 14.3 Å². The monoisotopic (exact) mass is 336 g/mol. The average Bonchev–Trinajstić information content (AvgIpc) is 2.65. The molecule has 0 aliphatic rings. The van der Waals surface area contributed by atoms with E-state index in [1.807, 2.05) is 42.5 Å². The number of anilines is 2. The van der Waals surface area contributed by atoms with E-state index in [9.17, 15) is 4.79 Å². The Kier molecular flexibility index (Phi) is 5.04. The van der Waals surface area contributed by atoms with Crippen LogP contribution in [0.4, 0.5) is 11.4 Å². The van der Waals surface area contributed by atoms with E-state index in [1.165, 1.54) is 0 Å². The average molecular weight is 336 g/mol. The lowest BCUT2D eigenvalue weighted by Crippen LogP contribution is -2.21. The van der Waals surface area contributed by atoms with Gasteiger partial charge >= 0.3 is 0 Å². The highest BCUT2D eigenvalue weighted by Crippen LogP contribution is 2.26. The van der Waals surface area contributed by atoms with Gasteiger partial charge in [0.15, 0.2) is 0 Å². The van der Waals surface area contributed by atoms with Gasteiger partial charge in [-0.3, -0.25) is 4.79 Å². The number of nitrogens with one attached hydrogen (secondary N) is 2. The summed E-state index contributed by atoms with van der Waals surface area (Å²) in [5.74, 6) is 1.09. The van der Waals surface area contributed by atoms with Crippen LogP contribution in [0, 0.1) is 0 Å². The second kappa shape index (κ2) is 7.57. The maximum Gasteiger partial charge on any atom is 0.243 e. The van der Waals surface area contributed by atoms with Crippen LogP contribution >= 0.6 is 0 Å². The SMILES string of the molecule is COc1cc(NC(=O)CNc2cccc3ccccc23)cc(OC)c1. The van der Waals surface area contributed by atoms with Crippen molar-refractivity contribution in [1.29, 1.82) is 0 Å². The van der Waals surface area contributed by atoms with Gasteiger partial charge in [0.2, 0.25) is 5.91 Å². The van der Waals surface area contributed by atoms with Crippen LogP contribution < -0.4 is 20.1 Å². The van der Waals surface area contributed by atoms with Crippen molar-refractivity contribution in [1.82, 2.24) is 0 Å². The number of ether oxygens (including phenoxy) is 2. The van der Waals surface area contributed by atoms with Gasteiger partial charge in [0, 0.05) is 35.0 Å². The predicted octanol–water partition coefficient (Wildman–Crippen LogP) is 3.91. The molecule has 0 heterocycles. The summed E-state index contributed by atoms with van der Waals surface area (Å²) in [7, 11) is 3.14. The fraction of sp³-hybridized carbons (Fsp3) is 0.150. The largest absolute Gasteiger partial charge is 0.497 e. The normalized spacial score (nSPS) is 10.3. The van der Waals surface area contributed by atoms with E-state index in [4.69, 9.17) is 9.47 Å². The first-order valence-corrected chi connectivity index (χ1v) is 7.94. The second-order valence-corrected chi connectivity index (χ2v) is 5.53. The third kappa shape index (κ3) is 4.01. The van der Waals surface area contributed by atoms with Gasteiger partial charge in [-0.05, 0) is 11.5 Å². The van der Waals surface area contributed by atoms with Crippen molar-refractivity contribution >= 4 is 28.1 Å². The Bertz CT molecular complexity index is 865. The van der Waals surface area contributed by atoms with Gasteiger partial charge in [0.05, 0.1) is 20.8 Å². The molecule has 5 nitrogen and oxygen atoms in total. The lowest BCUT2D eigenvalue weighted by molar-refractivity contribution is -0.114. The molecule has 3 aromatic rings. The number of hydrogen-bond acceptors (Lipinski definition) is 4. The molecule has 5 heteroatoms. The Hall–Kier alpha value is -3.21. The molecule has 0 fully saturated rings. The summed E-state index contributed by atoms with van der Waals surface area (Å²) >= 11 is 0. The van der Waals surface area contributed by atoms with Gasteiger partial charge in [-0.1, -0.05) is 36.4 Å². The predicted molar refractivity (Wildman–Crippen MR) is 101 cm³/mol. The number of rotatable bonds is 6. The summed E-state index contributed by atoms with van der Waals surface area (Å²) in [4.78, 5) is 12.3. The number of fused-ring (bicyclic) bond motifs is 1. The first kappa shape index (κ1) is 16.6. The molecule has 0 atom stereocenters. The van der Waals surface area contributed by atoms with Gasteiger partial charge in [-0.15, -0.1) is 0 Å². The summed E-state index contributed by atoms with van der Waals surface area (Å²) in [5, 5.41) is 8.25. The number of amides is 1. The van der Waals surface area contributed by atoms with Crippen LogP contribution in [0.5, 0.6) is 11.5 Å². The number of carbonyl (C=O) groups excluding carboxylic acids is 1. The van der Waals surface area contributed by atoms with E-state index in [2.05, 4.69) is 10.6 Å². The van der Waals surface area contributed by atoms with Crippen molar-refractivity contribution in [3.63, 3.8) is 0 Å². The third-order valence-electron chi connectivity index (χ3n) is 3.86. The van der Waals surface area contributed by atoms with Gasteiger partial charge in [0.25, 0.3) is 0 Å². The maximum absolute atomic E-state index is 12.3. The van der Waals surface area contributed by atoms with Gasteiger partial charge in [-0.2, -0.15) is 0 Å². The molecule has 2 N–H and O–H groups in total. The third-order valence-corrected chi connectivity index (χ3v) is 3.86. The molecule has 0 aromatic heterocycles. The van der Waals surface area contributed by atoms with Gasteiger partial charge in [-0.25, -0.2) is 0 Å². The maximum atomic E-state index is 12.3. The van der Waals surface area contributed by atoms with Crippen LogP contribution in [0.3, 0.4) is 0 Å². The quantitative estimate of drug-likeness (QED) is 0.716. The summed E-state index contributed by atoms with van der Waals surface area (Å²) < 4.78 is 10.4. The van der Waals surface area contributed by atoms with E-state index in [1.54, 1.807) is 32.4 Å². The van der Waals surface area contributed by atoms with E-state index < -0.39 is 0 Å². The van der Waals surface area contributed by atoms with Crippen LogP contribution in [0.1, 0.15) is 0 Å². The minimum Gasteiger partial charge on any atom is -0.497 e. The number of carbonyl (C=O) groups is 1. The molecule has 3 aromatic carbocycles. The van der Waals surface area contributed by atoms with Crippen molar-refractivity contribution in [2.24, 2.45) is 0 Å². The number of methoxy groups -OCH3 is 2. The second-order valence-electron chi connectivity index (χ2n) is 5.53. The highest BCUT2D eigenvalue weighted by Gasteiger charge is 2.07. The molecule has 0 radical (unpaired) electrons. The molecule has 1 amide bonds. The molecule has 25 heavy (non-hydrogen) atoms. The zero-order chi connectivity index (χ0) is 17.6. The topological polar surface area (TPSA) is 59.6 Å². The lowest BCUT2D eigenvalue weighted by atomic mass is 10.1. The van der Waals surface area contributed by atoms with Crippen molar-refractivity contribution in [3.8, 4) is 11.5 Å². The Morgan fingerprint density at radius 3 is 2.32 bits per heavy atom. The van der Waals surface area contributed by atoms with E-state index in [0.29, 0.717) is 17.2 Å². The van der Waals surface area contributed by atoms with E-state index in [-0.39, 0.29) is 12.5 Å². The highest BCUT2D eigenvalue weighted by molar-refractivity contribution is 5.98. The van der Waals surface area contributed by atoms with Gasteiger partial charge in [0.1, 0.15) is 11.5 Å². The zero-order valence-electron chi connectivity index (χ0n) is 14.2. The molecular weight excluding hydrogens is 316 g/mol. The summed E-state index contributed by atoms with van der Waals surface area (Å²) in [6.45, 7) is 0.160. The lowest BCUT2D eigenvalue weighted by Gasteiger charge is -2.12. The van der Waals surface area contributed by atoms with Crippen molar-refractivity contribution in [2.75, 3.05) is 31.4 Å². The summed E-state index contributed by atoms with van der Waals surface area (Å²) in [5.41, 5.74) is 1.55. The Morgan fingerprint density at radius 1 is 0.920 bits per heavy atom. The first-order valence-electron chi connectivity index (χ1n) is 7.94. The van der Waals surface area contributed by atoms with Crippen LogP contribution in [-0.4, -0.2) is 26.7 Å². The fourth-order valence-corrected chi connectivity index (χ4v) is 2.64. The zero-order valence-corrected chi connectivity index (χ0v) is 14.2. The number of hydrogen-bond donors (Lipinski definition) is 2. The minimum atomic E-state index is -0.150. The Labute approximate surface area is 146 Å². The molecule has 0 aliphatic carbocycles. The van der Waals surface area contributed by atoms with Crippen molar-refractivity contribution in [3.05, 3.63) is 60.7 Å². The molecule has 0 bridgehead atoms. The van der Waals surface area contributed by atoms with Crippen LogP contribution in [-0.2, 0) is 4.79 Å². The molecule has 128 valence electrons. The van der Waals surface area contributed by atoms with E-state index in [0.717, 1.165) is 16.5 Å². The summed E-state index contributed by atoms with van der Waals surface area (Å²) in [6, 6.07) is 19.3. The highest BCUT2D eigenvalue weighted by atomic mass is 16.5. The molecule has 0 saturated carbocycles. The molecule has 0 unspecified atom stereocenters. The number of benzene rings is 3. The van der Waals surface area contributed by atoms with Crippen LogP contribution in [0.2, 0.25) is 0 Å². The first-order chi connectivity index (χ1) is 12.2. The standard InChI is InChI=1S/C20H20N2O3/c1-24-16-10-15(11-17(12-16)25-2)22-20(23)13-21-19-9-5-7-14-6-3-4-8-18(14)19/h3-12,21H,13H2,1-2H3,(H,22,23). The molecule has 3 rings (SSSR count). The molecule has 0 saturated heterocycles. The van der Waals surface area contributed by atoms with Crippen LogP contribution in [0.15, 0.2) is 60.7 Å². The van der Waals surface area contributed by atoms with E-state index >= 15 is 0 Å². The molecule has 0 spiro atoms. The Morgan fingerprint density at radius 2 is 1.60 bits per heavy atom. The summed E-state index contributed by atoms with van der Waals surface area (Å²) in [6.07, 6.45) is 0. The van der Waals surface area contributed by atoms with Gasteiger partial charge < -0.3 is 20.1 Å². The Balaban J connectivity index is 1.69. The molecule has 0 aliphatic heterocycles. The van der Waals surface area contributed by atoms with Crippen LogP contribution in [0.25, 0.3) is 10.8 Å². The fourth-order valence-electron chi connectivity index (χ4n) is 2.64. The smallest absolute Gasteiger partial charge is 0.243 e.